The predicted octanol–water partition coefficient (Wildman–Crippen LogP) is 4.30. The second-order valence-electron chi connectivity index (χ2n) is 5.87. The molecule has 0 bridgehead atoms. The van der Waals surface area contributed by atoms with Crippen LogP contribution in [0.15, 0.2) is 23.6 Å². The maximum atomic E-state index is 6.23. The second kappa shape index (κ2) is 7.09. The van der Waals surface area contributed by atoms with Crippen LogP contribution in [0, 0.1) is 0 Å². The summed E-state index contributed by atoms with van der Waals surface area (Å²) in [5.41, 5.74) is 5.20. The highest BCUT2D eigenvalue weighted by Crippen LogP contribution is 2.39. The van der Waals surface area contributed by atoms with Gasteiger partial charge in [0.1, 0.15) is 11.2 Å². The van der Waals surface area contributed by atoms with Gasteiger partial charge in [-0.2, -0.15) is 5.10 Å². The third-order valence-corrected chi connectivity index (χ3v) is 5.82. The number of fused-ring (bicyclic) bond motifs is 3. The Morgan fingerprint density at radius 2 is 2.12 bits per heavy atom. The van der Waals surface area contributed by atoms with Crippen molar-refractivity contribution < 1.29 is 9.47 Å². The second-order valence-corrected chi connectivity index (χ2v) is 7.36. The van der Waals surface area contributed by atoms with Crippen molar-refractivity contribution in [2.75, 3.05) is 19.6 Å². The molecule has 1 aromatic carbocycles. The minimum atomic E-state index is 0.466. The summed E-state index contributed by atoms with van der Waals surface area (Å²) in [6.07, 6.45) is 6.64. The molecule has 2 heterocycles. The third-order valence-electron chi connectivity index (χ3n) is 4.34. The van der Waals surface area contributed by atoms with Crippen molar-refractivity contribution >= 4 is 45.2 Å². The molecule has 0 atom stereocenters. The number of thiophene rings is 1. The maximum Gasteiger partial charge on any atom is 0.179 e. The van der Waals surface area contributed by atoms with Gasteiger partial charge in [-0.25, -0.2) is 9.97 Å². The lowest BCUT2D eigenvalue weighted by Crippen LogP contribution is -1.97. The Morgan fingerprint density at radius 3 is 2.92 bits per heavy atom. The molecule has 134 valence electrons. The van der Waals surface area contributed by atoms with Gasteiger partial charge in [-0.05, 0) is 42.5 Å². The van der Waals surface area contributed by atoms with Crippen LogP contribution >= 0.6 is 22.9 Å². The number of ether oxygens (including phenoxy) is 2. The highest BCUT2D eigenvalue weighted by atomic mass is 35.5. The van der Waals surface area contributed by atoms with Gasteiger partial charge in [0.25, 0.3) is 0 Å². The molecule has 3 aromatic rings. The summed E-state index contributed by atoms with van der Waals surface area (Å²) in [6, 6.07) is 3.58. The lowest BCUT2D eigenvalue weighted by molar-refractivity contribution is 0.355. The zero-order valence-corrected chi connectivity index (χ0v) is 15.9. The van der Waals surface area contributed by atoms with Gasteiger partial charge < -0.3 is 9.47 Å². The van der Waals surface area contributed by atoms with E-state index in [1.165, 1.54) is 16.9 Å². The molecule has 0 amide bonds. The summed E-state index contributed by atoms with van der Waals surface area (Å²) in [7, 11) is 3.13. The zero-order valence-electron chi connectivity index (χ0n) is 14.4. The average Bonchev–Trinajstić information content (AvgIpc) is 3.22. The minimum Gasteiger partial charge on any atom is -0.493 e. The number of nitrogens with one attached hydrogen (secondary N) is 1. The molecule has 4 rings (SSSR count). The topological polar surface area (TPSA) is 68.6 Å². The molecular weight excluding hydrogens is 372 g/mol. The van der Waals surface area contributed by atoms with Crippen LogP contribution in [0.25, 0.3) is 10.2 Å². The van der Waals surface area contributed by atoms with Crippen molar-refractivity contribution in [1.29, 1.82) is 0 Å². The molecule has 1 aliphatic carbocycles. The van der Waals surface area contributed by atoms with Crippen LogP contribution in [0.4, 0.5) is 5.82 Å². The fourth-order valence-corrected chi connectivity index (χ4v) is 4.72. The number of aromatic nitrogens is 2. The minimum absolute atomic E-state index is 0.466. The molecule has 1 N–H and O–H groups in total. The summed E-state index contributed by atoms with van der Waals surface area (Å²) >= 11 is 7.98. The molecule has 0 radical (unpaired) electrons. The molecule has 0 saturated heterocycles. The molecule has 0 saturated carbocycles. The van der Waals surface area contributed by atoms with E-state index in [-0.39, 0.29) is 0 Å². The molecule has 0 spiro atoms. The molecular formula is C18H17ClN4O2S. The Labute approximate surface area is 159 Å². The molecule has 2 aromatic heterocycles. The quantitative estimate of drug-likeness (QED) is 0.521. The van der Waals surface area contributed by atoms with Gasteiger partial charge in [0.05, 0.1) is 30.8 Å². The normalized spacial score (nSPS) is 13.3. The lowest BCUT2D eigenvalue weighted by atomic mass is 10.2. The summed E-state index contributed by atoms with van der Waals surface area (Å²) < 4.78 is 10.6. The number of hydrazone groups is 1. The van der Waals surface area contributed by atoms with Crippen LogP contribution in [-0.4, -0.2) is 30.4 Å². The molecule has 0 fully saturated rings. The number of nitrogens with zero attached hydrogens (tertiary/aromatic N) is 3. The first-order valence-corrected chi connectivity index (χ1v) is 9.36. The number of hydrogen-bond donors (Lipinski definition) is 1. The van der Waals surface area contributed by atoms with Crippen molar-refractivity contribution in [3.05, 3.63) is 39.5 Å². The Bertz CT molecular complexity index is 1000. The van der Waals surface area contributed by atoms with E-state index in [2.05, 4.69) is 20.5 Å². The van der Waals surface area contributed by atoms with Gasteiger partial charge >= 0.3 is 0 Å². The van der Waals surface area contributed by atoms with Gasteiger partial charge in [0, 0.05) is 4.88 Å². The number of aryl methyl sites for hydroxylation is 2. The van der Waals surface area contributed by atoms with Crippen LogP contribution in [0.5, 0.6) is 11.5 Å². The summed E-state index contributed by atoms with van der Waals surface area (Å²) in [6.45, 7) is 0. The van der Waals surface area contributed by atoms with Crippen LogP contribution in [0.3, 0.4) is 0 Å². The molecule has 0 aliphatic heterocycles. The van der Waals surface area contributed by atoms with Crippen LogP contribution in [-0.2, 0) is 12.8 Å². The number of benzene rings is 1. The monoisotopic (exact) mass is 388 g/mol. The van der Waals surface area contributed by atoms with E-state index in [1.807, 2.05) is 6.07 Å². The van der Waals surface area contributed by atoms with Gasteiger partial charge in [-0.3, -0.25) is 5.43 Å². The van der Waals surface area contributed by atoms with Crippen molar-refractivity contribution in [3.8, 4) is 11.5 Å². The Balaban J connectivity index is 1.62. The van der Waals surface area contributed by atoms with E-state index >= 15 is 0 Å². The van der Waals surface area contributed by atoms with E-state index in [0.717, 1.165) is 34.4 Å². The molecule has 8 heteroatoms. The van der Waals surface area contributed by atoms with Gasteiger partial charge in [0.15, 0.2) is 17.3 Å². The standard InChI is InChI=1S/C18H17ClN4O2S/c1-24-13-7-10(6-12(19)16(13)25-2)8-22-23-17-15-11-4-3-5-14(11)26-18(15)21-9-20-17/h6-9H,3-5H2,1-2H3,(H,20,21,23)/b22-8-. The first-order chi connectivity index (χ1) is 12.7. The van der Waals surface area contributed by atoms with E-state index in [9.17, 15) is 0 Å². The fourth-order valence-electron chi connectivity index (χ4n) is 3.19. The van der Waals surface area contributed by atoms with Crippen molar-refractivity contribution in [3.63, 3.8) is 0 Å². The smallest absolute Gasteiger partial charge is 0.179 e. The third kappa shape index (κ3) is 2.97. The van der Waals surface area contributed by atoms with Crippen LogP contribution in [0.2, 0.25) is 5.02 Å². The van der Waals surface area contributed by atoms with Gasteiger partial charge in [-0.15, -0.1) is 11.3 Å². The Hall–Kier alpha value is -2.38. The average molecular weight is 389 g/mol. The zero-order chi connectivity index (χ0) is 18.1. The number of halogens is 1. The van der Waals surface area contributed by atoms with Crippen LogP contribution < -0.4 is 14.9 Å². The highest BCUT2D eigenvalue weighted by molar-refractivity contribution is 7.19. The number of hydrogen-bond acceptors (Lipinski definition) is 7. The van der Waals surface area contributed by atoms with E-state index in [0.29, 0.717) is 16.5 Å². The first kappa shape index (κ1) is 17.1. The highest BCUT2D eigenvalue weighted by Gasteiger charge is 2.21. The SMILES string of the molecule is COc1cc(/C=N\Nc2ncnc3sc4c(c23)CCC4)cc(Cl)c1OC. The van der Waals surface area contributed by atoms with Crippen molar-refractivity contribution in [2.24, 2.45) is 5.10 Å². The fraction of sp³-hybridized carbons (Fsp3) is 0.278. The predicted molar refractivity (Wildman–Crippen MR) is 105 cm³/mol. The van der Waals surface area contributed by atoms with Gasteiger partial charge in [-0.1, -0.05) is 11.6 Å². The Kier molecular flexibility index (Phi) is 4.65. The van der Waals surface area contributed by atoms with Gasteiger partial charge in [0.2, 0.25) is 0 Å². The van der Waals surface area contributed by atoms with Crippen LogP contribution in [0.1, 0.15) is 22.4 Å². The molecule has 0 unspecified atom stereocenters. The maximum absolute atomic E-state index is 6.23. The summed E-state index contributed by atoms with van der Waals surface area (Å²) in [4.78, 5) is 11.2. The Morgan fingerprint density at radius 1 is 1.23 bits per heavy atom. The molecule has 26 heavy (non-hydrogen) atoms. The van der Waals surface area contributed by atoms with Crippen molar-refractivity contribution in [1.82, 2.24) is 9.97 Å². The van der Waals surface area contributed by atoms with E-state index in [1.54, 1.807) is 44.2 Å². The van der Waals surface area contributed by atoms with E-state index in [4.69, 9.17) is 21.1 Å². The number of methoxy groups -OCH3 is 2. The van der Waals surface area contributed by atoms with E-state index < -0.39 is 0 Å². The summed E-state index contributed by atoms with van der Waals surface area (Å²) in [5.74, 6) is 1.80. The number of rotatable bonds is 5. The first-order valence-electron chi connectivity index (χ1n) is 8.17. The lowest BCUT2D eigenvalue weighted by Gasteiger charge is -2.10. The summed E-state index contributed by atoms with van der Waals surface area (Å²) in [5, 5.41) is 5.88. The molecule has 1 aliphatic rings. The van der Waals surface area contributed by atoms with Crippen molar-refractivity contribution in [2.45, 2.75) is 19.3 Å². The number of anilines is 1. The molecule has 6 nitrogen and oxygen atoms in total. The largest absolute Gasteiger partial charge is 0.493 e.